The van der Waals surface area contributed by atoms with E-state index < -0.39 is 11.9 Å². The van der Waals surface area contributed by atoms with E-state index >= 15 is 0 Å². The summed E-state index contributed by atoms with van der Waals surface area (Å²) in [5.74, 6) is -1.54. The van der Waals surface area contributed by atoms with E-state index in [1.807, 2.05) is 0 Å². The molecule has 0 atom stereocenters. The normalized spacial score (nSPS) is 9.18. The lowest BCUT2D eigenvalue weighted by molar-refractivity contribution is -0.132. The van der Waals surface area contributed by atoms with E-state index in [0.29, 0.717) is 11.4 Å². The van der Waals surface area contributed by atoms with E-state index in [9.17, 15) is 9.59 Å². The van der Waals surface area contributed by atoms with Crippen LogP contribution in [0.3, 0.4) is 0 Å². The maximum atomic E-state index is 10.1. The van der Waals surface area contributed by atoms with Gasteiger partial charge in [-0.2, -0.15) is 0 Å². The number of carboxylic acid groups (broad SMARTS) is 2. The van der Waals surface area contributed by atoms with Crippen molar-refractivity contribution in [3.05, 3.63) is 42.6 Å². The molecule has 1 heterocycles. The largest absolute Gasteiger partial charge is 0.478 e. The molecule has 0 bridgehead atoms. The molecule has 0 fully saturated rings. The van der Waals surface area contributed by atoms with Crippen LogP contribution in [0.4, 0.5) is 5.82 Å². The first-order valence-electron chi connectivity index (χ1n) is 4.43. The molecule has 6 nitrogen and oxygen atoms in total. The lowest BCUT2D eigenvalue weighted by Gasteiger charge is -1.92. The van der Waals surface area contributed by atoms with Gasteiger partial charge in [-0.15, -0.1) is 0 Å². The summed E-state index contributed by atoms with van der Waals surface area (Å²) in [6, 6.07) is 3.31. The van der Waals surface area contributed by atoms with Crippen LogP contribution >= 0.6 is 0 Å². The molecule has 0 aliphatic rings. The summed E-state index contributed by atoms with van der Waals surface area (Å²) in [5, 5.41) is 15.9. The summed E-state index contributed by atoms with van der Waals surface area (Å²) in [6.45, 7) is 2.96. The first-order chi connectivity index (χ1) is 7.95. The predicted octanol–water partition coefficient (Wildman–Crippen LogP) is 1.02. The number of nitrogens with two attached hydrogens (primary N) is 1. The summed E-state index contributed by atoms with van der Waals surface area (Å²) in [5.41, 5.74) is 6.05. The summed E-state index contributed by atoms with van der Waals surface area (Å²) in [6.07, 6.45) is 4.84. The van der Waals surface area contributed by atoms with Gasteiger partial charge in [0.1, 0.15) is 5.82 Å². The smallest absolute Gasteiger partial charge is 0.328 e. The number of hydrogen-bond donors (Lipinski definition) is 3. The number of anilines is 1. The molecule has 1 aromatic heterocycles. The molecule has 90 valence electrons. The third-order valence-electron chi connectivity index (χ3n) is 1.40. The number of carboxylic acids is 2. The summed E-state index contributed by atoms with van der Waals surface area (Å²) in [4.78, 5) is 23.1. The molecule has 1 rings (SSSR count). The van der Waals surface area contributed by atoms with E-state index in [0.717, 1.165) is 12.2 Å². The summed E-state index contributed by atoms with van der Waals surface area (Å²) in [7, 11) is 0. The molecule has 17 heavy (non-hydrogen) atoms. The second-order valence-electron chi connectivity index (χ2n) is 2.73. The van der Waals surface area contributed by atoms with E-state index in [1.54, 1.807) is 12.1 Å². The number of rotatable bonds is 3. The second kappa shape index (κ2) is 7.63. The average Bonchev–Trinajstić information content (AvgIpc) is 2.29. The molecular weight excluding hydrogens is 224 g/mol. The fraction of sp³-hybridized carbons (Fsp3) is 0. The van der Waals surface area contributed by atoms with E-state index in [2.05, 4.69) is 11.6 Å². The van der Waals surface area contributed by atoms with Crippen molar-refractivity contribution in [1.82, 2.24) is 4.98 Å². The summed E-state index contributed by atoms with van der Waals surface area (Å²) < 4.78 is 0. The Bertz CT molecular complexity index is 424. The van der Waals surface area contributed by atoms with Crippen LogP contribution in [0.1, 0.15) is 5.56 Å². The zero-order chi connectivity index (χ0) is 13.3. The van der Waals surface area contributed by atoms with Crippen LogP contribution in [0.2, 0.25) is 0 Å². The Balaban J connectivity index is 0.000000437. The zero-order valence-corrected chi connectivity index (χ0v) is 8.91. The zero-order valence-electron chi connectivity index (χ0n) is 8.91. The van der Waals surface area contributed by atoms with Crippen LogP contribution in [0.25, 0.3) is 6.08 Å². The third-order valence-corrected chi connectivity index (χ3v) is 1.40. The summed E-state index contributed by atoms with van der Waals surface area (Å²) >= 11 is 0. The Morgan fingerprint density at radius 2 is 1.88 bits per heavy atom. The maximum Gasteiger partial charge on any atom is 0.328 e. The Hall–Kier alpha value is -2.63. The highest BCUT2D eigenvalue weighted by Gasteiger charge is 1.89. The number of aromatic nitrogens is 1. The Morgan fingerprint density at radius 3 is 2.24 bits per heavy atom. The van der Waals surface area contributed by atoms with Crippen molar-refractivity contribution in [2.24, 2.45) is 0 Å². The van der Waals surface area contributed by atoms with Gasteiger partial charge in [-0.1, -0.05) is 6.58 Å². The topological polar surface area (TPSA) is 114 Å². The monoisotopic (exact) mass is 236 g/mol. The highest BCUT2D eigenvalue weighted by atomic mass is 16.4. The van der Waals surface area contributed by atoms with Gasteiger partial charge in [0.2, 0.25) is 0 Å². The Kier molecular flexibility index (Phi) is 6.45. The number of carbonyl (C=O) groups is 2. The van der Waals surface area contributed by atoms with E-state index in [4.69, 9.17) is 15.9 Å². The highest BCUT2D eigenvalue weighted by molar-refractivity contribution is 5.85. The first kappa shape index (κ1) is 14.4. The fourth-order valence-electron chi connectivity index (χ4n) is 0.683. The van der Waals surface area contributed by atoms with Gasteiger partial charge < -0.3 is 15.9 Å². The lowest BCUT2D eigenvalue weighted by atomic mass is 10.2. The van der Waals surface area contributed by atoms with Crippen LogP contribution < -0.4 is 5.73 Å². The van der Waals surface area contributed by atoms with Crippen molar-refractivity contribution in [2.45, 2.75) is 0 Å². The highest BCUT2D eigenvalue weighted by Crippen LogP contribution is 2.02. The van der Waals surface area contributed by atoms with Crippen molar-refractivity contribution >= 4 is 23.8 Å². The van der Waals surface area contributed by atoms with Crippen LogP contribution in [0, 0.1) is 0 Å². The number of pyridine rings is 1. The molecule has 0 spiro atoms. The molecule has 1 aromatic rings. The van der Waals surface area contributed by atoms with Gasteiger partial charge in [0.15, 0.2) is 0 Å². The minimum Gasteiger partial charge on any atom is -0.478 e. The molecule has 0 aliphatic carbocycles. The number of nitrogens with zero attached hydrogens (tertiary/aromatic N) is 1. The molecule has 0 aliphatic heterocycles. The molecule has 0 saturated heterocycles. The third kappa shape index (κ3) is 8.37. The standard InChI is InChI=1S/C8H8N2O2.C3H4O2/c9-7-3-1-6(5-10-7)2-4-8(11)12;1-2-3(4)5/h1-5H,(H2,9,10)(H,11,12);2H,1H2,(H,4,5). The van der Waals surface area contributed by atoms with Crippen LogP contribution in [0.5, 0.6) is 0 Å². The second-order valence-corrected chi connectivity index (χ2v) is 2.73. The van der Waals surface area contributed by atoms with Crippen molar-refractivity contribution in [1.29, 1.82) is 0 Å². The Morgan fingerprint density at radius 1 is 1.29 bits per heavy atom. The molecule has 0 amide bonds. The van der Waals surface area contributed by atoms with Gasteiger partial charge >= 0.3 is 11.9 Å². The van der Waals surface area contributed by atoms with Gasteiger partial charge in [0.05, 0.1) is 0 Å². The van der Waals surface area contributed by atoms with Crippen LogP contribution in [0.15, 0.2) is 37.1 Å². The molecular formula is C11H12N2O4. The first-order valence-corrected chi connectivity index (χ1v) is 4.43. The maximum absolute atomic E-state index is 10.1. The SMILES string of the molecule is C=CC(=O)O.Nc1ccc(C=CC(=O)O)cn1. The number of hydrogen-bond acceptors (Lipinski definition) is 4. The lowest BCUT2D eigenvalue weighted by Crippen LogP contribution is -1.89. The van der Waals surface area contributed by atoms with Crippen LogP contribution in [-0.4, -0.2) is 27.1 Å². The molecule has 4 N–H and O–H groups in total. The Labute approximate surface area is 97.7 Å². The average molecular weight is 236 g/mol. The molecule has 6 heteroatoms. The minimum atomic E-state index is -0.981. The minimum absolute atomic E-state index is 0.419. The fourth-order valence-corrected chi connectivity index (χ4v) is 0.683. The molecule has 0 radical (unpaired) electrons. The molecule has 0 saturated carbocycles. The number of aliphatic carboxylic acids is 2. The van der Waals surface area contributed by atoms with Crippen LogP contribution in [-0.2, 0) is 9.59 Å². The van der Waals surface area contributed by atoms with Gasteiger partial charge in [-0.25, -0.2) is 14.6 Å². The molecule has 0 aromatic carbocycles. The predicted molar refractivity (Wildman–Crippen MR) is 63.2 cm³/mol. The quantitative estimate of drug-likeness (QED) is 0.675. The van der Waals surface area contributed by atoms with Crippen molar-refractivity contribution in [3.63, 3.8) is 0 Å². The van der Waals surface area contributed by atoms with Crippen molar-refractivity contribution < 1.29 is 19.8 Å². The van der Waals surface area contributed by atoms with Gasteiger partial charge in [0.25, 0.3) is 0 Å². The van der Waals surface area contributed by atoms with E-state index in [-0.39, 0.29) is 0 Å². The van der Waals surface area contributed by atoms with Crippen molar-refractivity contribution in [3.8, 4) is 0 Å². The van der Waals surface area contributed by atoms with E-state index in [1.165, 1.54) is 12.3 Å². The number of nitrogen functional groups attached to an aromatic ring is 1. The van der Waals surface area contributed by atoms with Gasteiger partial charge in [-0.05, 0) is 23.8 Å². The van der Waals surface area contributed by atoms with Gasteiger partial charge in [-0.3, -0.25) is 0 Å². The van der Waals surface area contributed by atoms with Gasteiger partial charge in [0, 0.05) is 18.3 Å². The van der Waals surface area contributed by atoms with Crippen molar-refractivity contribution in [2.75, 3.05) is 5.73 Å². The molecule has 0 unspecified atom stereocenters.